The first kappa shape index (κ1) is 15.5. The molecule has 1 aromatic carbocycles. The summed E-state index contributed by atoms with van der Waals surface area (Å²) in [6.45, 7) is 3.54. The number of nitrogens with one attached hydrogen (secondary N) is 1. The predicted molar refractivity (Wildman–Crippen MR) is 92.0 cm³/mol. The van der Waals surface area contributed by atoms with Crippen LogP contribution in [0, 0.1) is 0 Å². The first-order chi connectivity index (χ1) is 11.7. The van der Waals surface area contributed by atoms with Crippen molar-refractivity contribution in [3.63, 3.8) is 0 Å². The topological polar surface area (TPSA) is 54.7 Å². The molecule has 6 heteroatoms. The molecule has 1 N–H and O–H groups in total. The van der Waals surface area contributed by atoms with Crippen LogP contribution in [0.4, 0.5) is 5.88 Å². The Kier molecular flexibility index (Phi) is 4.21. The molecule has 0 bridgehead atoms. The highest BCUT2D eigenvalue weighted by Crippen LogP contribution is 2.37. The molecule has 1 atom stereocenters. The maximum atomic E-state index is 12.4. The number of amides is 1. The Bertz CT molecular complexity index is 735. The van der Waals surface area contributed by atoms with Crippen molar-refractivity contribution in [2.75, 3.05) is 37.7 Å². The Morgan fingerprint density at radius 2 is 1.92 bits per heavy atom. The van der Waals surface area contributed by atoms with Gasteiger partial charge in [0.05, 0.1) is 13.2 Å². The third-order valence-electron chi connectivity index (χ3n) is 4.64. The molecule has 1 aromatic heterocycles. The number of carbonyl (C=O) groups is 1. The third kappa shape index (κ3) is 2.89. The van der Waals surface area contributed by atoms with Crippen molar-refractivity contribution in [3.05, 3.63) is 52.2 Å². The van der Waals surface area contributed by atoms with Crippen molar-refractivity contribution in [3.8, 4) is 0 Å². The fourth-order valence-electron chi connectivity index (χ4n) is 3.37. The number of hydrogen-bond acceptors (Lipinski definition) is 4. The molecule has 126 valence electrons. The van der Waals surface area contributed by atoms with E-state index in [9.17, 15) is 4.79 Å². The van der Waals surface area contributed by atoms with Gasteiger partial charge in [0.25, 0.3) is 5.91 Å². The standard InChI is InChI=1S/C18H19ClN2O3/c19-13-3-1-12(2-4-13)14-5-6-20-18(22)17-15(14)11-16(24-17)21-7-9-23-10-8-21/h1-4,11,14H,5-10H2,(H,20,22). The van der Waals surface area contributed by atoms with Gasteiger partial charge in [-0.2, -0.15) is 0 Å². The van der Waals surface area contributed by atoms with E-state index in [1.165, 1.54) is 0 Å². The molecule has 1 unspecified atom stereocenters. The number of anilines is 1. The molecule has 0 spiro atoms. The van der Waals surface area contributed by atoms with Crippen LogP contribution in [0.3, 0.4) is 0 Å². The van der Waals surface area contributed by atoms with E-state index in [1.54, 1.807) is 0 Å². The third-order valence-corrected chi connectivity index (χ3v) is 4.90. The fraction of sp³-hybridized carbons (Fsp3) is 0.389. The SMILES string of the molecule is O=C1NCCC(c2ccc(Cl)cc2)c2cc(N3CCOCC3)oc21. The summed E-state index contributed by atoms with van der Waals surface area (Å²) in [5, 5.41) is 3.64. The summed E-state index contributed by atoms with van der Waals surface area (Å²) in [7, 11) is 0. The first-order valence-electron chi connectivity index (χ1n) is 8.22. The van der Waals surface area contributed by atoms with Crippen LogP contribution in [0.15, 0.2) is 34.7 Å². The summed E-state index contributed by atoms with van der Waals surface area (Å²) in [5.41, 5.74) is 2.10. The Hall–Kier alpha value is -1.98. The quantitative estimate of drug-likeness (QED) is 0.908. The van der Waals surface area contributed by atoms with Crippen LogP contribution in [0.5, 0.6) is 0 Å². The molecule has 24 heavy (non-hydrogen) atoms. The first-order valence-corrected chi connectivity index (χ1v) is 8.60. The van der Waals surface area contributed by atoms with Crippen LogP contribution in [-0.4, -0.2) is 38.8 Å². The molecule has 2 aromatic rings. The number of ether oxygens (including phenoxy) is 1. The summed E-state index contributed by atoms with van der Waals surface area (Å²) in [6, 6.07) is 9.84. The molecule has 0 aliphatic carbocycles. The number of fused-ring (bicyclic) bond motifs is 1. The maximum absolute atomic E-state index is 12.4. The second kappa shape index (κ2) is 6.49. The highest BCUT2D eigenvalue weighted by Gasteiger charge is 2.30. The normalized spacial score (nSPS) is 21.1. The van der Waals surface area contributed by atoms with E-state index >= 15 is 0 Å². The molecule has 1 saturated heterocycles. The van der Waals surface area contributed by atoms with Gasteiger partial charge in [-0.15, -0.1) is 0 Å². The zero-order valence-electron chi connectivity index (χ0n) is 13.3. The summed E-state index contributed by atoms with van der Waals surface area (Å²) in [5.74, 6) is 1.16. The number of carbonyl (C=O) groups excluding carboxylic acids is 1. The Labute approximate surface area is 145 Å². The average molecular weight is 347 g/mol. The van der Waals surface area contributed by atoms with Gasteiger partial charge in [-0.1, -0.05) is 23.7 Å². The summed E-state index contributed by atoms with van der Waals surface area (Å²) in [4.78, 5) is 14.5. The second-order valence-electron chi connectivity index (χ2n) is 6.12. The molecule has 4 rings (SSSR count). The number of hydrogen-bond donors (Lipinski definition) is 1. The highest BCUT2D eigenvalue weighted by atomic mass is 35.5. The van der Waals surface area contributed by atoms with Gasteiger partial charge in [-0.25, -0.2) is 0 Å². The summed E-state index contributed by atoms with van der Waals surface area (Å²) >= 11 is 6.01. The van der Waals surface area contributed by atoms with E-state index in [1.807, 2.05) is 30.3 Å². The zero-order valence-corrected chi connectivity index (χ0v) is 14.0. The monoisotopic (exact) mass is 346 g/mol. The van der Waals surface area contributed by atoms with Crippen LogP contribution < -0.4 is 10.2 Å². The van der Waals surface area contributed by atoms with E-state index in [4.69, 9.17) is 20.8 Å². The fourth-order valence-corrected chi connectivity index (χ4v) is 3.50. The van der Waals surface area contributed by atoms with Crippen LogP contribution >= 0.6 is 11.6 Å². The molecule has 0 saturated carbocycles. The highest BCUT2D eigenvalue weighted by molar-refractivity contribution is 6.30. The summed E-state index contributed by atoms with van der Waals surface area (Å²) in [6.07, 6.45) is 0.836. The van der Waals surface area contributed by atoms with E-state index in [-0.39, 0.29) is 11.8 Å². The molecule has 2 aliphatic rings. The lowest BCUT2D eigenvalue weighted by molar-refractivity contribution is 0.0927. The van der Waals surface area contributed by atoms with Crippen molar-refractivity contribution < 1.29 is 13.9 Å². The van der Waals surface area contributed by atoms with Gasteiger partial charge in [-0.05, 0) is 24.1 Å². The molecule has 1 fully saturated rings. The van der Waals surface area contributed by atoms with Crippen molar-refractivity contribution in [1.29, 1.82) is 0 Å². The number of morpholine rings is 1. The zero-order chi connectivity index (χ0) is 16.5. The van der Waals surface area contributed by atoms with Gasteiger partial charge in [-0.3, -0.25) is 4.79 Å². The minimum absolute atomic E-state index is 0.120. The number of benzene rings is 1. The van der Waals surface area contributed by atoms with Gasteiger partial charge in [0.1, 0.15) is 0 Å². The van der Waals surface area contributed by atoms with Crippen molar-refractivity contribution in [2.24, 2.45) is 0 Å². The molecule has 3 heterocycles. The Morgan fingerprint density at radius 1 is 1.17 bits per heavy atom. The Morgan fingerprint density at radius 3 is 2.67 bits per heavy atom. The average Bonchev–Trinajstić information content (AvgIpc) is 2.99. The minimum Gasteiger partial charge on any atom is -0.435 e. The van der Waals surface area contributed by atoms with Gasteiger partial charge < -0.3 is 19.4 Å². The number of halogens is 1. The number of furan rings is 1. The van der Waals surface area contributed by atoms with Crippen LogP contribution in [0.2, 0.25) is 5.02 Å². The molecule has 5 nitrogen and oxygen atoms in total. The van der Waals surface area contributed by atoms with Crippen LogP contribution in [0.1, 0.15) is 34.0 Å². The lowest BCUT2D eigenvalue weighted by atomic mass is 9.89. The van der Waals surface area contributed by atoms with E-state index in [0.29, 0.717) is 30.5 Å². The van der Waals surface area contributed by atoms with Gasteiger partial charge >= 0.3 is 0 Å². The predicted octanol–water partition coefficient (Wildman–Crippen LogP) is 3.04. The van der Waals surface area contributed by atoms with Gasteiger partial charge in [0.2, 0.25) is 0 Å². The molecule has 2 aliphatic heterocycles. The van der Waals surface area contributed by atoms with Gasteiger partial charge in [0, 0.05) is 42.2 Å². The minimum atomic E-state index is -0.138. The Balaban J connectivity index is 1.73. The number of rotatable bonds is 2. The lowest BCUT2D eigenvalue weighted by Gasteiger charge is -2.26. The van der Waals surface area contributed by atoms with E-state index in [2.05, 4.69) is 10.2 Å². The molecule has 1 amide bonds. The van der Waals surface area contributed by atoms with E-state index < -0.39 is 0 Å². The smallest absolute Gasteiger partial charge is 0.287 e. The number of nitrogens with zero attached hydrogens (tertiary/aromatic N) is 1. The largest absolute Gasteiger partial charge is 0.435 e. The van der Waals surface area contributed by atoms with E-state index in [0.717, 1.165) is 36.5 Å². The second-order valence-corrected chi connectivity index (χ2v) is 6.55. The van der Waals surface area contributed by atoms with Crippen molar-refractivity contribution in [2.45, 2.75) is 12.3 Å². The van der Waals surface area contributed by atoms with Crippen molar-refractivity contribution in [1.82, 2.24) is 5.32 Å². The molecular formula is C18H19ClN2O3. The van der Waals surface area contributed by atoms with Crippen molar-refractivity contribution >= 4 is 23.4 Å². The van der Waals surface area contributed by atoms with Gasteiger partial charge in [0.15, 0.2) is 11.6 Å². The molecular weight excluding hydrogens is 328 g/mol. The maximum Gasteiger partial charge on any atom is 0.287 e. The van der Waals surface area contributed by atoms with Crippen LogP contribution in [0.25, 0.3) is 0 Å². The van der Waals surface area contributed by atoms with Crippen LogP contribution in [-0.2, 0) is 4.74 Å². The summed E-state index contributed by atoms with van der Waals surface area (Å²) < 4.78 is 11.3. The molecule has 0 radical (unpaired) electrons. The lowest BCUT2D eigenvalue weighted by Crippen LogP contribution is -2.36.